The van der Waals surface area contributed by atoms with E-state index in [0.29, 0.717) is 0 Å². The van der Waals surface area contributed by atoms with Crippen molar-refractivity contribution in [1.82, 2.24) is 12.3 Å². The summed E-state index contributed by atoms with van der Waals surface area (Å²) >= 11 is 0. The third-order valence-corrected chi connectivity index (χ3v) is 1.11. The second-order valence-electron chi connectivity index (χ2n) is 1.70. The van der Waals surface area contributed by atoms with Gasteiger partial charge < -0.3 is 32.1 Å². The molecule has 0 amide bonds. The van der Waals surface area contributed by atoms with Crippen molar-refractivity contribution in [2.24, 2.45) is 5.41 Å². The average molecular weight is 377 g/mol. The molecular formula is C6H12N2O4Pt+2. The van der Waals surface area contributed by atoms with E-state index >= 15 is 0 Å². The monoisotopic (exact) mass is 377 g/mol. The summed E-state index contributed by atoms with van der Waals surface area (Å²) in [5.41, 5.74) is -3.65. The van der Waals surface area contributed by atoms with Crippen LogP contribution in [0.5, 0.6) is 0 Å². The smallest absolute Gasteiger partial charge is 0.549 e. The number of carboxylic acids is 2. The summed E-state index contributed by atoms with van der Waals surface area (Å²) in [7, 11) is 0. The van der Waals surface area contributed by atoms with Crippen LogP contribution >= 0.6 is 0 Å². The number of carbonyl (C=O) groups is 2. The molecule has 0 spiro atoms. The van der Waals surface area contributed by atoms with Gasteiger partial charge in [-0.1, -0.05) is 6.37 Å². The molecule has 0 aromatic rings. The maximum absolute atomic E-state index is 10.7. The van der Waals surface area contributed by atoms with Crippen molar-refractivity contribution < 1.29 is 49.1 Å². The van der Waals surface area contributed by atoms with E-state index in [1.165, 1.54) is 0 Å². The van der Waals surface area contributed by atoms with Crippen LogP contribution in [-0.2, 0) is 30.7 Å². The van der Waals surface area contributed by atoms with Crippen LogP contribution in [0.3, 0.4) is 0 Å². The van der Waals surface area contributed by atoms with Crippen LogP contribution in [0.1, 0.15) is 27.3 Å². The number of hydrogen-bond acceptors (Lipinski definition) is 6. The molecular weight excluding hydrogens is 359 g/mol. The molecule has 1 aliphatic carbocycles. The Labute approximate surface area is 98.6 Å². The van der Waals surface area contributed by atoms with Gasteiger partial charge in [-0.3, -0.25) is 0 Å². The molecule has 6 nitrogen and oxygen atoms in total. The SMILES string of the molecule is N.N.[2H]C1([2H])C([2H])([2H])C(C(=O)[O-])(C(=O)[O-])C1([2H])[2H].[Pt+4]. The first-order valence-corrected chi connectivity index (χ1v) is 2.32. The van der Waals surface area contributed by atoms with E-state index in [-0.39, 0.29) is 33.4 Å². The minimum atomic E-state index is -3.65. The van der Waals surface area contributed by atoms with Gasteiger partial charge in [-0.25, -0.2) is 0 Å². The van der Waals surface area contributed by atoms with Gasteiger partial charge in [0.15, 0.2) is 0 Å². The minimum absolute atomic E-state index is 0. The molecule has 7 heteroatoms. The van der Waals surface area contributed by atoms with Crippen LogP contribution in [0.4, 0.5) is 0 Å². The Morgan fingerprint density at radius 1 is 1.15 bits per heavy atom. The maximum atomic E-state index is 10.7. The third kappa shape index (κ3) is 2.76. The fraction of sp³-hybridized carbons (Fsp3) is 0.667. The van der Waals surface area contributed by atoms with Gasteiger partial charge in [-0.2, -0.15) is 0 Å². The molecule has 0 aromatic carbocycles. The zero-order valence-corrected chi connectivity index (χ0v) is 8.64. The molecule has 0 aromatic heterocycles. The van der Waals surface area contributed by atoms with E-state index in [1.807, 2.05) is 0 Å². The van der Waals surface area contributed by atoms with Crippen molar-refractivity contribution in [2.75, 3.05) is 0 Å². The molecule has 1 saturated carbocycles. The van der Waals surface area contributed by atoms with Gasteiger partial charge in [0.2, 0.25) is 0 Å². The standard InChI is InChI=1S/C6H8O4.2H3N.Pt/c7-4(8)6(5(9)10)2-1-3-6;;;/h1-3H2,(H,7,8)(H,9,10);2*1H3;/q;;;+4/p-2/i1D2,2D2,3D2;;;. The predicted octanol–water partition coefficient (Wildman–Crippen LogP) is -2.02. The van der Waals surface area contributed by atoms with E-state index < -0.39 is 36.5 Å². The predicted molar refractivity (Wildman–Crippen MR) is 36.3 cm³/mol. The molecule has 0 heterocycles. The molecule has 1 fully saturated rings. The average Bonchev–Trinajstić information content (AvgIpc) is 2.00. The third-order valence-electron chi connectivity index (χ3n) is 1.11. The molecule has 0 atom stereocenters. The van der Waals surface area contributed by atoms with Gasteiger partial charge in [0.25, 0.3) is 0 Å². The Morgan fingerprint density at radius 3 is 1.62 bits per heavy atom. The van der Waals surface area contributed by atoms with Gasteiger partial charge in [0.05, 0.1) is 11.9 Å². The number of carboxylic acid groups (broad SMARTS) is 2. The maximum Gasteiger partial charge on any atom is 4.00 e. The summed E-state index contributed by atoms with van der Waals surface area (Å²) < 4.78 is 42.5. The summed E-state index contributed by atoms with van der Waals surface area (Å²) in [4.78, 5) is 21.4. The second-order valence-corrected chi connectivity index (χ2v) is 1.70. The first kappa shape index (κ1) is 6.92. The summed E-state index contributed by atoms with van der Waals surface area (Å²) in [5.74, 6) is -5.09. The summed E-state index contributed by atoms with van der Waals surface area (Å²) in [6.07, 6.45) is -10.2. The topological polar surface area (TPSA) is 150 Å². The molecule has 0 unspecified atom stereocenters. The Morgan fingerprint density at radius 2 is 1.46 bits per heavy atom. The van der Waals surface area contributed by atoms with Crippen LogP contribution in [0, 0.1) is 5.41 Å². The molecule has 0 aliphatic heterocycles. The number of hydrogen-bond donors (Lipinski definition) is 2. The minimum Gasteiger partial charge on any atom is -0.549 e. The van der Waals surface area contributed by atoms with Gasteiger partial charge in [0, 0.05) is 13.6 Å². The van der Waals surface area contributed by atoms with E-state index in [9.17, 15) is 19.8 Å². The Bertz CT molecular complexity index is 356. The van der Waals surface area contributed by atoms with Gasteiger partial charge in [-0.15, -0.1) is 0 Å². The molecule has 0 radical (unpaired) electrons. The van der Waals surface area contributed by atoms with Crippen molar-refractivity contribution >= 4 is 11.9 Å². The Kier molecular flexibility index (Phi) is 3.23. The van der Waals surface area contributed by atoms with Gasteiger partial charge in [0.1, 0.15) is 0 Å². The molecule has 6 N–H and O–H groups in total. The van der Waals surface area contributed by atoms with Crippen LogP contribution in [0.2, 0.25) is 0 Å². The van der Waals surface area contributed by atoms with Crippen molar-refractivity contribution in [1.29, 1.82) is 0 Å². The number of rotatable bonds is 2. The van der Waals surface area contributed by atoms with E-state index in [2.05, 4.69) is 0 Å². The van der Waals surface area contributed by atoms with E-state index in [0.717, 1.165) is 0 Å². The number of aliphatic carboxylic acids is 2. The molecule has 1 rings (SSSR count). The molecule has 0 saturated heterocycles. The molecule has 1 aliphatic rings. The number of carbonyl (C=O) groups excluding carboxylic acids is 2. The van der Waals surface area contributed by atoms with Crippen LogP contribution < -0.4 is 22.5 Å². The van der Waals surface area contributed by atoms with Crippen molar-refractivity contribution in [3.05, 3.63) is 0 Å². The van der Waals surface area contributed by atoms with Crippen LogP contribution in [0.15, 0.2) is 0 Å². The summed E-state index contributed by atoms with van der Waals surface area (Å²) in [5, 5.41) is 21.4. The van der Waals surface area contributed by atoms with Gasteiger partial charge >= 0.3 is 21.1 Å². The quantitative estimate of drug-likeness (QED) is 0.530. The Balaban J connectivity index is -0.000000853. The van der Waals surface area contributed by atoms with Gasteiger partial charge in [-0.05, 0) is 12.7 Å². The first-order chi connectivity index (χ1) is 6.89. The molecule has 78 valence electrons. The zero-order valence-electron chi connectivity index (χ0n) is 12.4. The van der Waals surface area contributed by atoms with Crippen LogP contribution in [0.25, 0.3) is 0 Å². The molecule has 13 heavy (non-hydrogen) atoms. The fourth-order valence-corrected chi connectivity index (χ4v) is 0.475. The fourth-order valence-electron chi connectivity index (χ4n) is 0.475. The molecule has 0 bridgehead atoms. The van der Waals surface area contributed by atoms with E-state index in [4.69, 9.17) is 8.22 Å². The van der Waals surface area contributed by atoms with E-state index in [1.54, 1.807) is 0 Å². The zero-order chi connectivity index (χ0) is 13.2. The van der Waals surface area contributed by atoms with Crippen molar-refractivity contribution in [3.8, 4) is 0 Å². The Hall–Kier alpha value is -0.452. The summed E-state index contributed by atoms with van der Waals surface area (Å²) in [6.45, 7) is 0. The first-order valence-electron chi connectivity index (χ1n) is 5.32. The van der Waals surface area contributed by atoms with Crippen molar-refractivity contribution in [3.63, 3.8) is 0 Å². The van der Waals surface area contributed by atoms with Crippen molar-refractivity contribution in [2.45, 2.75) is 19.1 Å². The second kappa shape index (κ2) is 6.07. The normalized spacial score (nSPS) is 34.8. The largest absolute Gasteiger partial charge is 4.00 e. The van der Waals surface area contributed by atoms with Crippen LogP contribution in [-0.4, -0.2) is 11.9 Å². The summed E-state index contributed by atoms with van der Waals surface area (Å²) in [6, 6.07) is 0.